The summed E-state index contributed by atoms with van der Waals surface area (Å²) in [5.74, 6) is 0. The highest BCUT2D eigenvalue weighted by Gasteiger charge is 2.15. The Morgan fingerprint density at radius 1 is 1.32 bits per heavy atom. The topological polar surface area (TPSA) is 72.2 Å². The predicted molar refractivity (Wildman–Crippen MR) is 81.6 cm³/mol. The fourth-order valence-corrected chi connectivity index (χ4v) is 4.25. The number of anilines is 1. The Kier molecular flexibility index (Phi) is 4.29. The molecule has 7 heteroatoms. The summed E-state index contributed by atoms with van der Waals surface area (Å²) in [5.41, 5.74) is 6.93. The lowest BCUT2D eigenvalue weighted by molar-refractivity contribution is 0.582. The second kappa shape index (κ2) is 5.62. The summed E-state index contributed by atoms with van der Waals surface area (Å²) in [6, 6.07) is 6.68. The first-order valence-electron chi connectivity index (χ1n) is 5.46. The van der Waals surface area contributed by atoms with Crippen LogP contribution >= 0.6 is 27.3 Å². The van der Waals surface area contributed by atoms with Gasteiger partial charge >= 0.3 is 0 Å². The maximum absolute atomic E-state index is 12.1. The van der Waals surface area contributed by atoms with Gasteiger partial charge in [0, 0.05) is 27.0 Å². The van der Waals surface area contributed by atoms with Gasteiger partial charge in [-0.05, 0) is 52.7 Å². The van der Waals surface area contributed by atoms with E-state index >= 15 is 0 Å². The van der Waals surface area contributed by atoms with Crippen LogP contribution in [0.1, 0.15) is 10.4 Å². The Morgan fingerprint density at radius 3 is 2.63 bits per heavy atom. The fourth-order valence-electron chi connectivity index (χ4n) is 1.63. The molecule has 0 aliphatic heterocycles. The van der Waals surface area contributed by atoms with Crippen molar-refractivity contribution >= 4 is 43.0 Å². The second-order valence-corrected chi connectivity index (χ2v) is 7.81. The number of nitrogen functional groups attached to an aromatic ring is 1. The molecule has 4 nitrogen and oxygen atoms in total. The standard InChI is InChI=1S/C12H13BrN2O2S2/c1-8-2-10(14)5-12(3-8)19(16,17)15-6-11-4-9(13)7-18-11/h2-5,7,15H,6,14H2,1H3. The minimum absolute atomic E-state index is 0.195. The highest BCUT2D eigenvalue weighted by molar-refractivity contribution is 9.10. The molecular formula is C12H13BrN2O2S2. The van der Waals surface area contributed by atoms with Gasteiger partial charge in [0.05, 0.1) is 4.90 Å². The van der Waals surface area contributed by atoms with Gasteiger partial charge in [-0.25, -0.2) is 13.1 Å². The minimum atomic E-state index is -3.53. The Morgan fingerprint density at radius 2 is 2.05 bits per heavy atom. The quantitative estimate of drug-likeness (QED) is 0.823. The number of benzene rings is 1. The molecule has 2 aromatic rings. The molecule has 1 aromatic heterocycles. The molecule has 0 fully saturated rings. The van der Waals surface area contributed by atoms with Crippen LogP contribution in [0.25, 0.3) is 0 Å². The van der Waals surface area contributed by atoms with E-state index in [1.807, 2.05) is 18.4 Å². The lowest BCUT2D eigenvalue weighted by atomic mass is 10.2. The van der Waals surface area contributed by atoms with Crippen molar-refractivity contribution in [2.24, 2.45) is 0 Å². The molecule has 19 heavy (non-hydrogen) atoms. The van der Waals surface area contributed by atoms with Crippen LogP contribution in [0.5, 0.6) is 0 Å². The number of aryl methyl sites for hydroxylation is 1. The molecule has 0 aliphatic rings. The van der Waals surface area contributed by atoms with Crippen molar-refractivity contribution in [2.45, 2.75) is 18.4 Å². The molecule has 0 saturated heterocycles. The average molecular weight is 361 g/mol. The molecule has 1 aromatic carbocycles. The van der Waals surface area contributed by atoms with Crippen LogP contribution in [0.2, 0.25) is 0 Å². The number of rotatable bonds is 4. The number of halogens is 1. The van der Waals surface area contributed by atoms with Crippen LogP contribution in [0, 0.1) is 6.92 Å². The van der Waals surface area contributed by atoms with Crippen molar-refractivity contribution in [3.8, 4) is 0 Å². The smallest absolute Gasteiger partial charge is 0.240 e. The van der Waals surface area contributed by atoms with Gasteiger partial charge in [0.2, 0.25) is 10.0 Å². The summed E-state index contributed by atoms with van der Waals surface area (Å²) in [4.78, 5) is 1.14. The highest BCUT2D eigenvalue weighted by atomic mass is 79.9. The summed E-state index contributed by atoms with van der Waals surface area (Å²) < 4.78 is 27.8. The van der Waals surface area contributed by atoms with E-state index in [0.29, 0.717) is 5.69 Å². The first-order chi connectivity index (χ1) is 8.87. The van der Waals surface area contributed by atoms with Crippen LogP contribution in [0.15, 0.2) is 39.0 Å². The molecule has 0 radical (unpaired) electrons. The molecule has 0 saturated carbocycles. The monoisotopic (exact) mass is 360 g/mol. The summed E-state index contributed by atoms with van der Waals surface area (Å²) in [6.45, 7) is 2.08. The first kappa shape index (κ1) is 14.5. The summed E-state index contributed by atoms with van der Waals surface area (Å²) in [6.07, 6.45) is 0. The molecule has 102 valence electrons. The van der Waals surface area contributed by atoms with E-state index in [1.54, 1.807) is 12.1 Å². The third kappa shape index (κ3) is 3.79. The van der Waals surface area contributed by atoms with Crippen molar-refractivity contribution in [1.29, 1.82) is 0 Å². The maximum Gasteiger partial charge on any atom is 0.240 e. The molecule has 2 rings (SSSR count). The van der Waals surface area contributed by atoms with E-state index in [2.05, 4.69) is 20.7 Å². The zero-order chi connectivity index (χ0) is 14.0. The summed E-state index contributed by atoms with van der Waals surface area (Å²) >= 11 is 4.83. The molecule has 0 aliphatic carbocycles. The third-order valence-corrected chi connectivity index (χ3v) is 5.52. The molecule has 0 unspecified atom stereocenters. The van der Waals surface area contributed by atoms with E-state index in [4.69, 9.17) is 5.73 Å². The first-order valence-corrected chi connectivity index (χ1v) is 8.62. The van der Waals surface area contributed by atoms with Crippen molar-refractivity contribution in [1.82, 2.24) is 4.72 Å². The molecule has 0 atom stereocenters. The van der Waals surface area contributed by atoms with Crippen LogP contribution in [0.3, 0.4) is 0 Å². The number of nitrogens with one attached hydrogen (secondary N) is 1. The van der Waals surface area contributed by atoms with Gasteiger partial charge in [-0.15, -0.1) is 11.3 Å². The number of hydrogen-bond donors (Lipinski definition) is 2. The zero-order valence-electron chi connectivity index (χ0n) is 10.2. The summed E-state index contributed by atoms with van der Waals surface area (Å²) in [7, 11) is -3.53. The van der Waals surface area contributed by atoms with Crippen LogP contribution in [0.4, 0.5) is 5.69 Å². The molecule has 0 spiro atoms. The van der Waals surface area contributed by atoms with Crippen molar-refractivity contribution in [3.63, 3.8) is 0 Å². The lowest BCUT2D eigenvalue weighted by Crippen LogP contribution is -2.23. The fraction of sp³-hybridized carbons (Fsp3) is 0.167. The van der Waals surface area contributed by atoms with Gasteiger partial charge in [-0.3, -0.25) is 0 Å². The number of nitrogens with two attached hydrogens (primary N) is 1. The van der Waals surface area contributed by atoms with Gasteiger partial charge in [-0.1, -0.05) is 0 Å². The molecule has 1 heterocycles. The number of hydrogen-bond acceptors (Lipinski definition) is 4. The Hall–Kier alpha value is -0.890. The molecule has 0 amide bonds. The van der Waals surface area contributed by atoms with Gasteiger partial charge in [0.15, 0.2) is 0 Å². The highest BCUT2D eigenvalue weighted by Crippen LogP contribution is 2.21. The lowest BCUT2D eigenvalue weighted by Gasteiger charge is -2.07. The normalized spacial score (nSPS) is 11.7. The Bertz CT molecular complexity index is 675. The van der Waals surface area contributed by atoms with Crippen LogP contribution < -0.4 is 10.5 Å². The van der Waals surface area contributed by atoms with Crippen molar-refractivity contribution in [2.75, 3.05) is 5.73 Å². The van der Waals surface area contributed by atoms with E-state index in [9.17, 15) is 8.42 Å². The van der Waals surface area contributed by atoms with Crippen LogP contribution in [-0.2, 0) is 16.6 Å². The minimum Gasteiger partial charge on any atom is -0.399 e. The molecular weight excluding hydrogens is 348 g/mol. The van der Waals surface area contributed by atoms with E-state index < -0.39 is 10.0 Å². The van der Waals surface area contributed by atoms with Crippen molar-refractivity contribution in [3.05, 3.63) is 44.6 Å². The van der Waals surface area contributed by atoms with E-state index in [-0.39, 0.29) is 11.4 Å². The van der Waals surface area contributed by atoms with Gasteiger partial charge in [0.1, 0.15) is 0 Å². The predicted octanol–water partition coefficient (Wildman–Crippen LogP) is 2.88. The average Bonchev–Trinajstić information content (AvgIpc) is 2.71. The van der Waals surface area contributed by atoms with Gasteiger partial charge in [-0.2, -0.15) is 0 Å². The SMILES string of the molecule is Cc1cc(N)cc(S(=O)(=O)NCc2cc(Br)cs2)c1. The molecule has 3 N–H and O–H groups in total. The second-order valence-electron chi connectivity index (χ2n) is 4.14. The van der Waals surface area contributed by atoms with Crippen molar-refractivity contribution < 1.29 is 8.42 Å². The summed E-state index contributed by atoms with van der Waals surface area (Å²) in [5, 5.41) is 1.91. The largest absolute Gasteiger partial charge is 0.399 e. The number of sulfonamides is 1. The van der Waals surface area contributed by atoms with Gasteiger partial charge in [0.25, 0.3) is 0 Å². The van der Waals surface area contributed by atoms with E-state index in [0.717, 1.165) is 14.9 Å². The third-order valence-electron chi connectivity index (χ3n) is 2.44. The van der Waals surface area contributed by atoms with Crippen LogP contribution in [-0.4, -0.2) is 8.42 Å². The Balaban J connectivity index is 2.18. The molecule has 0 bridgehead atoms. The maximum atomic E-state index is 12.1. The zero-order valence-corrected chi connectivity index (χ0v) is 13.4. The van der Waals surface area contributed by atoms with Gasteiger partial charge < -0.3 is 5.73 Å². The number of thiophene rings is 1. The van der Waals surface area contributed by atoms with E-state index in [1.165, 1.54) is 17.4 Å². The Labute approximate surface area is 124 Å².